The lowest BCUT2D eigenvalue weighted by atomic mass is 9.85. The van der Waals surface area contributed by atoms with Crippen LogP contribution in [0.3, 0.4) is 0 Å². The van der Waals surface area contributed by atoms with E-state index in [1.807, 2.05) is 0 Å². The molecule has 96 valence electrons. The summed E-state index contributed by atoms with van der Waals surface area (Å²) in [6, 6.07) is 0. The van der Waals surface area contributed by atoms with Crippen LogP contribution in [0, 0.1) is 11.3 Å². The first-order chi connectivity index (χ1) is 7.44. The maximum atomic E-state index is 10.1. The highest BCUT2D eigenvalue weighted by molar-refractivity contribution is 4.78. The second-order valence-corrected chi connectivity index (χ2v) is 6.27. The second kappa shape index (κ2) is 6.02. The molecule has 0 radical (unpaired) electrons. The smallest absolute Gasteiger partial charge is 0.0692 e. The van der Waals surface area contributed by atoms with Crippen molar-refractivity contribution in [1.29, 1.82) is 0 Å². The van der Waals surface area contributed by atoms with Gasteiger partial charge in [-0.3, -0.25) is 0 Å². The number of aliphatic hydroxyl groups excluding tert-OH is 1. The summed E-state index contributed by atoms with van der Waals surface area (Å²) in [6.07, 6.45) is 4.79. The average Bonchev–Trinajstić information content (AvgIpc) is 2.39. The molecule has 1 aliphatic rings. The number of hydrogen-bond acceptors (Lipinski definition) is 2. The molecule has 1 fully saturated rings. The largest absolute Gasteiger partial charge is 0.392 e. The molecular weight excluding hydrogens is 198 g/mol. The van der Waals surface area contributed by atoms with Gasteiger partial charge in [-0.15, -0.1) is 0 Å². The van der Waals surface area contributed by atoms with Crippen LogP contribution in [0.2, 0.25) is 0 Å². The predicted octanol–water partition coefficient (Wildman–Crippen LogP) is 2.91. The Bertz CT molecular complexity index is 203. The summed E-state index contributed by atoms with van der Waals surface area (Å²) >= 11 is 0. The van der Waals surface area contributed by atoms with Crippen molar-refractivity contribution in [2.45, 2.75) is 59.5 Å². The Morgan fingerprint density at radius 1 is 1.25 bits per heavy atom. The number of likely N-dealkylation sites (tertiary alicyclic amines) is 1. The topological polar surface area (TPSA) is 23.5 Å². The standard InChI is InChI=1S/C14H29NO/c1-5-12(2)13(16)11-15-9-6-7-14(3,4)8-10-15/h12-13,16H,5-11H2,1-4H3. The SMILES string of the molecule is CCC(C)C(O)CN1CCCC(C)(C)CC1. The summed E-state index contributed by atoms with van der Waals surface area (Å²) < 4.78 is 0. The molecule has 1 aliphatic heterocycles. The summed E-state index contributed by atoms with van der Waals surface area (Å²) in [6.45, 7) is 12.2. The molecule has 0 spiro atoms. The lowest BCUT2D eigenvalue weighted by molar-refractivity contribution is 0.0687. The fourth-order valence-electron chi connectivity index (χ4n) is 2.38. The minimum Gasteiger partial charge on any atom is -0.392 e. The molecule has 1 rings (SSSR count). The van der Waals surface area contributed by atoms with E-state index in [1.54, 1.807) is 0 Å². The molecule has 2 atom stereocenters. The molecule has 1 saturated heterocycles. The summed E-state index contributed by atoms with van der Waals surface area (Å²) in [4.78, 5) is 2.45. The van der Waals surface area contributed by atoms with Crippen molar-refractivity contribution in [3.05, 3.63) is 0 Å². The zero-order valence-corrected chi connectivity index (χ0v) is 11.5. The van der Waals surface area contributed by atoms with E-state index in [0.717, 1.165) is 26.1 Å². The van der Waals surface area contributed by atoms with Gasteiger partial charge in [0, 0.05) is 6.54 Å². The number of aliphatic hydroxyl groups is 1. The highest BCUT2D eigenvalue weighted by atomic mass is 16.3. The lowest BCUT2D eigenvalue weighted by Gasteiger charge is -2.27. The van der Waals surface area contributed by atoms with Crippen LogP contribution in [0.4, 0.5) is 0 Å². The van der Waals surface area contributed by atoms with E-state index < -0.39 is 0 Å². The first kappa shape index (κ1) is 14.0. The fourth-order valence-corrected chi connectivity index (χ4v) is 2.38. The molecule has 1 heterocycles. The average molecular weight is 227 g/mol. The molecule has 0 aromatic carbocycles. The van der Waals surface area contributed by atoms with Gasteiger partial charge in [0.15, 0.2) is 0 Å². The summed E-state index contributed by atoms with van der Waals surface area (Å²) in [5, 5.41) is 10.1. The van der Waals surface area contributed by atoms with E-state index in [9.17, 15) is 5.11 Å². The van der Waals surface area contributed by atoms with Crippen LogP contribution in [-0.4, -0.2) is 35.7 Å². The van der Waals surface area contributed by atoms with E-state index in [-0.39, 0.29) is 6.10 Å². The van der Waals surface area contributed by atoms with Crippen molar-refractivity contribution >= 4 is 0 Å². The Hall–Kier alpha value is -0.0800. The summed E-state index contributed by atoms with van der Waals surface area (Å²) in [5.41, 5.74) is 0.496. The Balaban J connectivity index is 2.38. The molecule has 1 N–H and O–H groups in total. The van der Waals surface area contributed by atoms with Crippen molar-refractivity contribution in [3.63, 3.8) is 0 Å². The molecule has 0 saturated carbocycles. The van der Waals surface area contributed by atoms with E-state index in [2.05, 4.69) is 32.6 Å². The zero-order valence-electron chi connectivity index (χ0n) is 11.5. The molecule has 0 aliphatic carbocycles. The summed E-state index contributed by atoms with van der Waals surface area (Å²) in [5.74, 6) is 0.427. The van der Waals surface area contributed by atoms with Crippen molar-refractivity contribution < 1.29 is 5.11 Å². The Kier molecular flexibility index (Phi) is 5.26. The molecule has 0 amide bonds. The lowest BCUT2D eigenvalue weighted by Crippen LogP contribution is -2.36. The number of rotatable bonds is 4. The van der Waals surface area contributed by atoms with Gasteiger partial charge in [-0.05, 0) is 43.7 Å². The van der Waals surface area contributed by atoms with Gasteiger partial charge in [-0.25, -0.2) is 0 Å². The Morgan fingerprint density at radius 2 is 1.94 bits per heavy atom. The Labute approximate surface area is 101 Å². The van der Waals surface area contributed by atoms with Crippen molar-refractivity contribution in [2.24, 2.45) is 11.3 Å². The van der Waals surface area contributed by atoms with Crippen LogP contribution in [0.25, 0.3) is 0 Å². The first-order valence-electron chi connectivity index (χ1n) is 6.85. The van der Waals surface area contributed by atoms with E-state index in [1.165, 1.54) is 19.3 Å². The number of hydrogen-bond donors (Lipinski definition) is 1. The van der Waals surface area contributed by atoms with Crippen LogP contribution in [-0.2, 0) is 0 Å². The van der Waals surface area contributed by atoms with Gasteiger partial charge in [0.1, 0.15) is 0 Å². The minimum absolute atomic E-state index is 0.147. The van der Waals surface area contributed by atoms with E-state index in [4.69, 9.17) is 0 Å². The van der Waals surface area contributed by atoms with Crippen LogP contribution < -0.4 is 0 Å². The third-order valence-corrected chi connectivity index (χ3v) is 4.18. The van der Waals surface area contributed by atoms with E-state index in [0.29, 0.717) is 11.3 Å². The van der Waals surface area contributed by atoms with Gasteiger partial charge in [0.05, 0.1) is 6.10 Å². The third kappa shape index (κ3) is 4.42. The molecule has 0 bridgehead atoms. The van der Waals surface area contributed by atoms with Crippen molar-refractivity contribution in [2.75, 3.05) is 19.6 Å². The van der Waals surface area contributed by atoms with Gasteiger partial charge < -0.3 is 10.0 Å². The van der Waals surface area contributed by atoms with Crippen molar-refractivity contribution in [3.8, 4) is 0 Å². The fraction of sp³-hybridized carbons (Fsp3) is 1.00. The summed E-state index contributed by atoms with van der Waals surface area (Å²) in [7, 11) is 0. The molecule has 16 heavy (non-hydrogen) atoms. The van der Waals surface area contributed by atoms with Gasteiger partial charge in [-0.1, -0.05) is 34.1 Å². The number of β-amino-alcohol motifs (C(OH)–C–C–N with tert-alkyl or cyclic N) is 1. The van der Waals surface area contributed by atoms with Crippen molar-refractivity contribution in [1.82, 2.24) is 4.90 Å². The highest BCUT2D eigenvalue weighted by Crippen LogP contribution is 2.29. The number of nitrogens with zero attached hydrogens (tertiary/aromatic N) is 1. The zero-order chi connectivity index (χ0) is 12.2. The highest BCUT2D eigenvalue weighted by Gasteiger charge is 2.24. The van der Waals surface area contributed by atoms with Crippen LogP contribution in [0.5, 0.6) is 0 Å². The van der Waals surface area contributed by atoms with Gasteiger partial charge in [0.25, 0.3) is 0 Å². The first-order valence-corrected chi connectivity index (χ1v) is 6.85. The second-order valence-electron chi connectivity index (χ2n) is 6.27. The Morgan fingerprint density at radius 3 is 2.56 bits per heavy atom. The maximum Gasteiger partial charge on any atom is 0.0692 e. The van der Waals surface area contributed by atoms with E-state index >= 15 is 0 Å². The molecule has 2 heteroatoms. The third-order valence-electron chi connectivity index (χ3n) is 4.18. The normalized spacial score (nSPS) is 26.1. The predicted molar refractivity (Wildman–Crippen MR) is 69.5 cm³/mol. The minimum atomic E-state index is -0.147. The van der Waals surface area contributed by atoms with Gasteiger partial charge in [-0.2, -0.15) is 0 Å². The molecule has 2 unspecified atom stereocenters. The monoisotopic (exact) mass is 227 g/mol. The molecular formula is C14H29NO. The van der Waals surface area contributed by atoms with Gasteiger partial charge >= 0.3 is 0 Å². The van der Waals surface area contributed by atoms with Crippen LogP contribution in [0.1, 0.15) is 53.4 Å². The van der Waals surface area contributed by atoms with Crippen LogP contribution in [0.15, 0.2) is 0 Å². The molecule has 2 nitrogen and oxygen atoms in total. The molecule has 0 aromatic heterocycles. The quantitative estimate of drug-likeness (QED) is 0.798. The molecule has 0 aromatic rings. The maximum absolute atomic E-state index is 10.1. The van der Waals surface area contributed by atoms with Gasteiger partial charge in [0.2, 0.25) is 0 Å². The van der Waals surface area contributed by atoms with Crippen LogP contribution >= 0.6 is 0 Å².